The summed E-state index contributed by atoms with van der Waals surface area (Å²) in [5.74, 6) is 0.524. The maximum atomic E-state index is 12.5. The van der Waals surface area contributed by atoms with Crippen molar-refractivity contribution in [2.75, 3.05) is 12.8 Å². The summed E-state index contributed by atoms with van der Waals surface area (Å²) in [7, 11) is 1.91. The molecule has 1 saturated carbocycles. The SMILES string of the molecule is CN(Cc1cccc(N)c1)C(=O)C1CCCCCCC1. The van der Waals surface area contributed by atoms with Gasteiger partial charge in [-0.25, -0.2) is 0 Å². The minimum absolute atomic E-state index is 0.223. The Bertz CT molecular complexity index is 436. The van der Waals surface area contributed by atoms with Crippen molar-refractivity contribution in [1.82, 2.24) is 4.90 Å². The van der Waals surface area contributed by atoms with E-state index in [0.717, 1.165) is 24.1 Å². The third-order valence-corrected chi connectivity index (χ3v) is 4.20. The largest absolute Gasteiger partial charge is 0.399 e. The van der Waals surface area contributed by atoms with Gasteiger partial charge in [0.25, 0.3) is 0 Å². The van der Waals surface area contributed by atoms with Crippen LogP contribution in [0.15, 0.2) is 24.3 Å². The molecule has 3 nitrogen and oxygen atoms in total. The fourth-order valence-electron chi connectivity index (χ4n) is 3.06. The van der Waals surface area contributed by atoms with Crippen LogP contribution in [0.1, 0.15) is 50.5 Å². The molecule has 0 bridgehead atoms. The molecule has 1 amide bonds. The predicted molar refractivity (Wildman–Crippen MR) is 83.1 cm³/mol. The first kappa shape index (κ1) is 14.9. The summed E-state index contributed by atoms with van der Waals surface area (Å²) in [6, 6.07) is 7.79. The van der Waals surface area contributed by atoms with E-state index in [0.29, 0.717) is 12.5 Å². The van der Waals surface area contributed by atoms with Crippen molar-refractivity contribution in [2.45, 2.75) is 51.5 Å². The summed E-state index contributed by atoms with van der Waals surface area (Å²) in [4.78, 5) is 14.4. The van der Waals surface area contributed by atoms with Gasteiger partial charge in [-0.2, -0.15) is 0 Å². The Morgan fingerprint density at radius 2 is 1.85 bits per heavy atom. The minimum atomic E-state index is 0.223. The van der Waals surface area contributed by atoms with Gasteiger partial charge in [0.15, 0.2) is 0 Å². The van der Waals surface area contributed by atoms with Crippen LogP contribution in [0, 0.1) is 5.92 Å². The van der Waals surface area contributed by atoms with Gasteiger partial charge in [0, 0.05) is 25.2 Å². The Hall–Kier alpha value is -1.51. The van der Waals surface area contributed by atoms with Crippen molar-refractivity contribution in [3.05, 3.63) is 29.8 Å². The highest BCUT2D eigenvalue weighted by atomic mass is 16.2. The molecule has 2 N–H and O–H groups in total. The van der Waals surface area contributed by atoms with E-state index in [9.17, 15) is 4.79 Å². The zero-order chi connectivity index (χ0) is 14.4. The van der Waals surface area contributed by atoms with E-state index in [2.05, 4.69) is 0 Å². The topological polar surface area (TPSA) is 46.3 Å². The van der Waals surface area contributed by atoms with Gasteiger partial charge in [-0.3, -0.25) is 4.79 Å². The summed E-state index contributed by atoms with van der Waals surface area (Å²) in [5.41, 5.74) is 7.65. The number of hydrogen-bond acceptors (Lipinski definition) is 2. The molecule has 0 atom stereocenters. The van der Waals surface area contributed by atoms with Gasteiger partial charge in [-0.05, 0) is 30.5 Å². The lowest BCUT2D eigenvalue weighted by atomic mass is 9.90. The molecule has 0 aliphatic heterocycles. The second-order valence-electron chi connectivity index (χ2n) is 5.98. The van der Waals surface area contributed by atoms with E-state index in [4.69, 9.17) is 5.73 Å². The van der Waals surface area contributed by atoms with Gasteiger partial charge in [-0.15, -0.1) is 0 Å². The fraction of sp³-hybridized carbons (Fsp3) is 0.588. The lowest BCUT2D eigenvalue weighted by Crippen LogP contribution is -2.33. The monoisotopic (exact) mass is 274 g/mol. The molecule has 20 heavy (non-hydrogen) atoms. The van der Waals surface area contributed by atoms with E-state index in [1.54, 1.807) is 0 Å². The van der Waals surface area contributed by atoms with Crippen molar-refractivity contribution < 1.29 is 4.79 Å². The predicted octanol–water partition coefficient (Wildman–Crippen LogP) is 3.59. The van der Waals surface area contributed by atoms with Crippen molar-refractivity contribution in [1.29, 1.82) is 0 Å². The molecule has 0 heterocycles. The van der Waals surface area contributed by atoms with E-state index in [-0.39, 0.29) is 5.92 Å². The van der Waals surface area contributed by atoms with Crippen LogP contribution in [-0.4, -0.2) is 17.9 Å². The number of nitrogen functional groups attached to an aromatic ring is 1. The molecular formula is C17H26N2O. The van der Waals surface area contributed by atoms with Gasteiger partial charge in [0.1, 0.15) is 0 Å². The lowest BCUT2D eigenvalue weighted by molar-refractivity contribution is -0.135. The van der Waals surface area contributed by atoms with Crippen molar-refractivity contribution in [2.24, 2.45) is 5.92 Å². The number of rotatable bonds is 3. The minimum Gasteiger partial charge on any atom is -0.399 e. The summed E-state index contributed by atoms with van der Waals surface area (Å²) in [6.07, 6.45) is 8.40. The molecule has 0 unspecified atom stereocenters. The fourth-order valence-corrected chi connectivity index (χ4v) is 3.06. The first-order chi connectivity index (χ1) is 9.66. The molecule has 1 aromatic carbocycles. The van der Waals surface area contributed by atoms with Crippen LogP contribution in [0.4, 0.5) is 5.69 Å². The third-order valence-electron chi connectivity index (χ3n) is 4.20. The zero-order valence-electron chi connectivity index (χ0n) is 12.5. The third kappa shape index (κ3) is 4.26. The number of nitrogens with zero attached hydrogens (tertiary/aromatic N) is 1. The Labute approximate surface area is 122 Å². The van der Waals surface area contributed by atoms with Crippen LogP contribution in [-0.2, 0) is 11.3 Å². The number of nitrogens with two attached hydrogens (primary N) is 1. The van der Waals surface area contributed by atoms with Crippen LogP contribution in [0.5, 0.6) is 0 Å². The summed E-state index contributed by atoms with van der Waals surface area (Å²) >= 11 is 0. The van der Waals surface area contributed by atoms with Gasteiger partial charge >= 0.3 is 0 Å². The highest BCUT2D eigenvalue weighted by molar-refractivity contribution is 5.78. The van der Waals surface area contributed by atoms with Gasteiger partial charge in [0.05, 0.1) is 0 Å². The molecule has 0 saturated heterocycles. The summed E-state index contributed by atoms with van der Waals surface area (Å²) in [5, 5.41) is 0. The standard InChI is InChI=1S/C17H26N2O/c1-19(13-14-8-7-11-16(18)12-14)17(20)15-9-5-3-2-4-6-10-15/h7-8,11-12,15H,2-6,9-10,13,18H2,1H3. The Kier molecular flexibility index (Phi) is 5.45. The number of hydrogen-bond donors (Lipinski definition) is 1. The Morgan fingerprint density at radius 1 is 1.20 bits per heavy atom. The number of anilines is 1. The normalized spacial score (nSPS) is 17.2. The Balaban J connectivity index is 1.93. The highest BCUT2D eigenvalue weighted by Crippen LogP contribution is 2.24. The smallest absolute Gasteiger partial charge is 0.225 e. The van der Waals surface area contributed by atoms with Crippen LogP contribution < -0.4 is 5.73 Å². The molecule has 1 aliphatic carbocycles. The van der Waals surface area contributed by atoms with Gasteiger partial charge in [0.2, 0.25) is 5.91 Å². The van der Waals surface area contributed by atoms with Crippen molar-refractivity contribution in [3.8, 4) is 0 Å². The zero-order valence-corrected chi connectivity index (χ0v) is 12.5. The molecule has 0 aromatic heterocycles. The van der Waals surface area contributed by atoms with Crippen LogP contribution >= 0.6 is 0 Å². The average Bonchev–Trinajstić information content (AvgIpc) is 2.37. The van der Waals surface area contributed by atoms with Crippen LogP contribution in [0.25, 0.3) is 0 Å². The summed E-state index contributed by atoms with van der Waals surface area (Å²) < 4.78 is 0. The second-order valence-corrected chi connectivity index (χ2v) is 5.98. The van der Waals surface area contributed by atoms with E-state index in [1.807, 2.05) is 36.2 Å². The van der Waals surface area contributed by atoms with E-state index >= 15 is 0 Å². The quantitative estimate of drug-likeness (QED) is 0.856. The number of carbonyl (C=O) groups is 1. The van der Waals surface area contributed by atoms with Gasteiger partial charge < -0.3 is 10.6 Å². The number of amides is 1. The second kappa shape index (κ2) is 7.32. The molecule has 0 radical (unpaired) electrons. The van der Waals surface area contributed by atoms with Crippen LogP contribution in [0.2, 0.25) is 0 Å². The van der Waals surface area contributed by atoms with E-state index < -0.39 is 0 Å². The molecule has 2 rings (SSSR count). The number of benzene rings is 1. The van der Waals surface area contributed by atoms with E-state index in [1.165, 1.54) is 32.1 Å². The molecule has 0 spiro atoms. The first-order valence-electron chi connectivity index (χ1n) is 7.76. The van der Waals surface area contributed by atoms with Crippen molar-refractivity contribution in [3.63, 3.8) is 0 Å². The number of carbonyl (C=O) groups excluding carboxylic acids is 1. The lowest BCUT2D eigenvalue weighted by Gasteiger charge is -2.25. The van der Waals surface area contributed by atoms with Gasteiger partial charge in [-0.1, -0.05) is 44.2 Å². The molecule has 1 aliphatic rings. The molecule has 110 valence electrons. The molecular weight excluding hydrogens is 248 g/mol. The maximum Gasteiger partial charge on any atom is 0.225 e. The highest BCUT2D eigenvalue weighted by Gasteiger charge is 2.22. The first-order valence-corrected chi connectivity index (χ1v) is 7.76. The maximum absolute atomic E-state index is 12.5. The molecule has 1 aromatic rings. The molecule has 1 fully saturated rings. The Morgan fingerprint density at radius 3 is 2.50 bits per heavy atom. The van der Waals surface area contributed by atoms with Crippen molar-refractivity contribution >= 4 is 11.6 Å². The van der Waals surface area contributed by atoms with Crippen LogP contribution in [0.3, 0.4) is 0 Å². The molecule has 3 heteroatoms. The summed E-state index contributed by atoms with van der Waals surface area (Å²) in [6.45, 7) is 0.653. The average molecular weight is 274 g/mol.